The summed E-state index contributed by atoms with van der Waals surface area (Å²) >= 11 is 6.20. The Balaban J connectivity index is 1.90. The normalized spacial score (nSPS) is 16.3. The van der Waals surface area contributed by atoms with Crippen LogP contribution in [0, 0.1) is 5.92 Å². The predicted molar refractivity (Wildman–Crippen MR) is 117 cm³/mol. The molecule has 2 aromatic rings. The van der Waals surface area contributed by atoms with Gasteiger partial charge in [0, 0.05) is 11.8 Å². The van der Waals surface area contributed by atoms with Gasteiger partial charge in [0.2, 0.25) is 0 Å². The van der Waals surface area contributed by atoms with Gasteiger partial charge in [0.05, 0.1) is 34.6 Å². The summed E-state index contributed by atoms with van der Waals surface area (Å²) in [4.78, 5) is 21.1. The predicted octanol–water partition coefficient (Wildman–Crippen LogP) is 2.77. The minimum Gasteiger partial charge on any atom is -0.393 e. The van der Waals surface area contributed by atoms with Crippen molar-refractivity contribution in [2.45, 2.75) is 36.7 Å². The average molecular weight is 466 g/mol. The summed E-state index contributed by atoms with van der Waals surface area (Å²) in [5.41, 5.74) is 1.06. The second kappa shape index (κ2) is 9.86. The number of allylic oxidation sites excluding steroid dienone is 1. The number of hydrogen-bond acceptors (Lipinski definition) is 7. The Morgan fingerprint density at radius 2 is 2.00 bits per heavy atom. The van der Waals surface area contributed by atoms with Gasteiger partial charge in [-0.1, -0.05) is 36.6 Å². The first-order chi connectivity index (χ1) is 14.7. The van der Waals surface area contributed by atoms with Crippen LogP contribution in [0.4, 0.5) is 5.82 Å². The molecule has 1 aromatic heterocycles. The third-order valence-electron chi connectivity index (χ3n) is 5.12. The third kappa shape index (κ3) is 5.88. The van der Waals surface area contributed by atoms with E-state index >= 15 is 0 Å². The lowest BCUT2D eigenvalue weighted by molar-refractivity contribution is -0.111. The van der Waals surface area contributed by atoms with E-state index in [2.05, 4.69) is 15.3 Å². The van der Waals surface area contributed by atoms with Crippen molar-refractivity contribution in [2.24, 2.45) is 5.92 Å². The third-order valence-corrected chi connectivity index (χ3v) is 6.70. The van der Waals surface area contributed by atoms with Crippen molar-refractivity contribution in [1.82, 2.24) is 9.97 Å². The van der Waals surface area contributed by atoms with Crippen molar-refractivity contribution in [1.29, 1.82) is 0 Å². The molecule has 0 spiro atoms. The van der Waals surface area contributed by atoms with Gasteiger partial charge in [-0.3, -0.25) is 9.78 Å². The van der Waals surface area contributed by atoms with Crippen LogP contribution in [0.3, 0.4) is 0 Å². The summed E-state index contributed by atoms with van der Waals surface area (Å²) in [6.45, 7) is -0.487. The number of rotatable bonds is 7. The van der Waals surface area contributed by atoms with Gasteiger partial charge in [-0.15, -0.1) is 0 Å². The van der Waals surface area contributed by atoms with E-state index < -0.39 is 28.5 Å². The Bertz CT molecular complexity index is 1080. The highest BCUT2D eigenvalue weighted by molar-refractivity contribution is 7.90. The molecule has 1 atom stereocenters. The topological polar surface area (TPSA) is 129 Å². The number of hydrogen-bond donors (Lipinski definition) is 3. The number of amides is 1. The number of nitrogens with zero attached hydrogens (tertiary/aromatic N) is 2. The molecule has 1 aliphatic carbocycles. The maximum absolute atomic E-state index is 13.1. The van der Waals surface area contributed by atoms with E-state index in [1.54, 1.807) is 6.07 Å². The first-order valence-electron chi connectivity index (χ1n) is 9.83. The molecule has 3 rings (SSSR count). The number of sulfone groups is 1. The van der Waals surface area contributed by atoms with Crippen molar-refractivity contribution in [3.63, 3.8) is 0 Å². The highest BCUT2D eigenvalue weighted by Crippen LogP contribution is 2.32. The summed E-state index contributed by atoms with van der Waals surface area (Å²) in [5, 5.41) is 21.3. The molecule has 166 valence electrons. The lowest BCUT2D eigenvalue weighted by atomic mass is 9.98. The molecule has 0 bridgehead atoms. The molecule has 3 N–H and O–H groups in total. The van der Waals surface area contributed by atoms with E-state index in [4.69, 9.17) is 16.7 Å². The Morgan fingerprint density at radius 1 is 1.29 bits per heavy atom. The van der Waals surface area contributed by atoms with E-state index in [9.17, 15) is 18.3 Å². The largest absolute Gasteiger partial charge is 0.393 e. The van der Waals surface area contributed by atoms with Crippen molar-refractivity contribution >= 4 is 38.7 Å². The monoisotopic (exact) mass is 465 g/mol. The van der Waals surface area contributed by atoms with Gasteiger partial charge in [-0.2, -0.15) is 0 Å². The molecule has 31 heavy (non-hydrogen) atoms. The van der Waals surface area contributed by atoms with Gasteiger partial charge in [-0.05, 0) is 36.5 Å². The molecule has 1 amide bonds. The van der Waals surface area contributed by atoms with E-state index in [1.807, 2.05) is 6.08 Å². The zero-order chi connectivity index (χ0) is 22.6. The number of aromatic nitrogens is 2. The number of benzene rings is 1. The Kier molecular flexibility index (Phi) is 7.42. The summed E-state index contributed by atoms with van der Waals surface area (Å²) in [6, 6.07) is 4.44. The fraction of sp³-hybridized carbons (Fsp3) is 0.381. The molecule has 1 saturated carbocycles. The number of nitrogens with one attached hydrogen (secondary N) is 1. The van der Waals surface area contributed by atoms with Crippen molar-refractivity contribution in [3.05, 3.63) is 52.9 Å². The SMILES string of the molecule is CS(=O)(=O)c1ccc(/C(=C\C2CCCC2)C(=O)Nc2cnc(C(O)CO)cn2)cc1Cl. The lowest BCUT2D eigenvalue weighted by Crippen LogP contribution is -2.16. The standard InChI is InChI=1S/C21H24ClN3O5S/c1-31(29,30)19-7-6-14(9-16(19)22)15(8-13-4-2-3-5-13)21(28)25-20-11-23-17(10-24-20)18(27)12-26/h6-11,13,18,26-27H,2-5,12H2,1H3,(H,24,25,28)/b15-8+. The Morgan fingerprint density at radius 3 is 2.55 bits per heavy atom. The summed E-state index contributed by atoms with van der Waals surface area (Å²) in [7, 11) is -3.49. The van der Waals surface area contributed by atoms with Crippen molar-refractivity contribution < 1.29 is 23.4 Å². The lowest BCUT2D eigenvalue weighted by Gasteiger charge is -2.13. The van der Waals surface area contributed by atoms with Crippen LogP contribution in [-0.2, 0) is 14.6 Å². The Hall–Kier alpha value is -2.33. The number of anilines is 1. The first-order valence-corrected chi connectivity index (χ1v) is 12.1. The molecule has 8 nitrogen and oxygen atoms in total. The molecule has 1 aliphatic rings. The zero-order valence-electron chi connectivity index (χ0n) is 17.0. The van der Waals surface area contributed by atoms with Gasteiger partial charge in [-0.25, -0.2) is 13.4 Å². The molecule has 1 unspecified atom stereocenters. The minimum atomic E-state index is -3.49. The van der Waals surface area contributed by atoms with Crippen LogP contribution >= 0.6 is 11.6 Å². The van der Waals surface area contributed by atoms with E-state index in [1.165, 1.54) is 24.5 Å². The zero-order valence-corrected chi connectivity index (χ0v) is 18.5. The van der Waals surface area contributed by atoms with Crippen LogP contribution in [0.25, 0.3) is 5.57 Å². The van der Waals surface area contributed by atoms with Gasteiger partial charge in [0.1, 0.15) is 6.10 Å². The maximum Gasteiger partial charge on any atom is 0.257 e. The second-order valence-corrected chi connectivity index (χ2v) is 9.91. The molecule has 1 aromatic carbocycles. The number of carbonyl (C=O) groups excluding carboxylic acids is 1. The van der Waals surface area contributed by atoms with Crippen LogP contribution in [0.5, 0.6) is 0 Å². The van der Waals surface area contributed by atoms with Crippen LogP contribution in [0.2, 0.25) is 5.02 Å². The first kappa shape index (κ1) is 23.3. The summed E-state index contributed by atoms with van der Waals surface area (Å²) in [5.74, 6) is -0.0165. The van der Waals surface area contributed by atoms with Gasteiger partial charge in [0.25, 0.3) is 5.91 Å². The fourth-order valence-corrected chi connectivity index (χ4v) is 4.81. The van der Waals surface area contributed by atoms with Crippen LogP contribution in [-0.4, -0.2) is 47.4 Å². The summed E-state index contributed by atoms with van der Waals surface area (Å²) < 4.78 is 23.7. The fourth-order valence-electron chi connectivity index (χ4n) is 3.48. The highest BCUT2D eigenvalue weighted by atomic mass is 35.5. The van der Waals surface area contributed by atoms with Crippen LogP contribution in [0.15, 0.2) is 41.6 Å². The number of aliphatic hydroxyl groups is 2. The van der Waals surface area contributed by atoms with Crippen molar-refractivity contribution in [3.8, 4) is 0 Å². The van der Waals surface area contributed by atoms with Gasteiger partial charge >= 0.3 is 0 Å². The number of halogens is 1. The number of aliphatic hydroxyl groups excluding tert-OH is 2. The molecule has 1 heterocycles. The van der Waals surface area contributed by atoms with Crippen LogP contribution in [0.1, 0.15) is 43.0 Å². The summed E-state index contributed by atoms with van der Waals surface area (Å²) in [6.07, 6.45) is 8.50. The Labute approximate surface area is 185 Å². The van der Waals surface area contributed by atoms with Gasteiger partial charge < -0.3 is 15.5 Å². The molecule has 0 aliphatic heterocycles. The quantitative estimate of drug-likeness (QED) is 0.536. The molecule has 0 saturated heterocycles. The molecular weight excluding hydrogens is 442 g/mol. The van der Waals surface area contributed by atoms with E-state index in [-0.39, 0.29) is 27.3 Å². The smallest absolute Gasteiger partial charge is 0.257 e. The maximum atomic E-state index is 13.1. The average Bonchev–Trinajstić information content (AvgIpc) is 3.24. The molecular formula is C21H24ClN3O5S. The van der Waals surface area contributed by atoms with E-state index in [0.717, 1.165) is 31.9 Å². The van der Waals surface area contributed by atoms with Crippen molar-refractivity contribution in [2.75, 3.05) is 18.2 Å². The number of carbonyl (C=O) groups is 1. The molecule has 0 radical (unpaired) electrons. The van der Waals surface area contributed by atoms with Crippen LogP contribution < -0.4 is 5.32 Å². The van der Waals surface area contributed by atoms with Gasteiger partial charge in [0.15, 0.2) is 15.7 Å². The second-order valence-electron chi connectivity index (χ2n) is 7.52. The minimum absolute atomic E-state index is 0.00226. The highest BCUT2D eigenvalue weighted by Gasteiger charge is 2.21. The van der Waals surface area contributed by atoms with E-state index in [0.29, 0.717) is 11.1 Å². The molecule has 1 fully saturated rings. The molecule has 10 heteroatoms.